The van der Waals surface area contributed by atoms with Crippen LogP contribution in [0.5, 0.6) is 0 Å². The number of rotatable bonds is 62. The van der Waals surface area contributed by atoms with E-state index in [0.717, 1.165) is 135 Å². The second-order valence-corrected chi connectivity index (χ2v) is 26.2. The predicted octanol–water partition coefficient (Wildman–Crippen LogP) is 25.0. The summed E-state index contributed by atoms with van der Waals surface area (Å²) in [4.78, 5) is 66.1. The number of hydrogen-bond acceptors (Lipinski definition) is 6. The zero-order chi connectivity index (χ0) is 61.5. The summed E-state index contributed by atoms with van der Waals surface area (Å²) in [6, 6.07) is 12.6. The van der Waals surface area contributed by atoms with Gasteiger partial charge in [0.2, 0.25) is 0 Å². The Morgan fingerprint density at radius 2 is 0.435 bits per heavy atom. The van der Waals surface area contributed by atoms with Crippen LogP contribution in [-0.2, 0) is 44.9 Å². The van der Waals surface area contributed by atoms with Gasteiger partial charge in [0.1, 0.15) is 23.1 Å². The first-order valence-electron chi connectivity index (χ1n) is 37.1. The average molecular weight is 1180 g/mol. The van der Waals surface area contributed by atoms with Gasteiger partial charge in [-0.1, -0.05) is 304 Å². The molecule has 0 saturated heterocycles. The summed E-state index contributed by atoms with van der Waals surface area (Å²) in [7, 11) is 0. The van der Waals surface area contributed by atoms with Crippen LogP contribution in [0.4, 0.5) is 11.4 Å². The van der Waals surface area contributed by atoms with Gasteiger partial charge < -0.3 is 0 Å². The highest BCUT2D eigenvalue weighted by Gasteiger charge is 2.18. The summed E-state index contributed by atoms with van der Waals surface area (Å²) in [6.45, 7) is 13.6. The summed E-state index contributed by atoms with van der Waals surface area (Å²) < 4.78 is 0. The van der Waals surface area contributed by atoms with E-state index in [-0.39, 0.29) is 23.1 Å². The Hall–Kier alpha value is -3.54. The fourth-order valence-electron chi connectivity index (χ4n) is 12.2. The maximum Gasteiger partial charge on any atom is 0.137 e. The second-order valence-electron chi connectivity index (χ2n) is 26.2. The SMILES string of the molecule is CCCCCCCCCCCCCC(=Nc1ccc(CC(=O)CCCCCCCCCC)c(CC(=O)CCCCCCCCCC)c1)C(CCCC)=Nc1ccc(CC(=O)CCCCCCCCCC)c(CC(=O)CCCCCCCCCC)c1. The van der Waals surface area contributed by atoms with Crippen LogP contribution in [0.1, 0.15) is 391 Å². The van der Waals surface area contributed by atoms with Crippen LogP contribution in [0.25, 0.3) is 0 Å². The third-order valence-electron chi connectivity index (χ3n) is 17.8. The molecule has 0 aliphatic rings. The van der Waals surface area contributed by atoms with Gasteiger partial charge in [0.25, 0.3) is 0 Å². The zero-order valence-corrected chi connectivity index (χ0v) is 56.9. The first kappa shape index (κ1) is 77.6. The van der Waals surface area contributed by atoms with Gasteiger partial charge in [-0.2, -0.15) is 0 Å². The van der Waals surface area contributed by atoms with E-state index in [9.17, 15) is 19.2 Å². The lowest BCUT2D eigenvalue weighted by atomic mass is 9.94. The molecule has 0 aromatic heterocycles. The third kappa shape index (κ3) is 42.9. The molecular formula is C79H134N2O4. The van der Waals surface area contributed by atoms with Gasteiger partial charge >= 0.3 is 0 Å². The molecule has 0 bridgehead atoms. The Bertz CT molecular complexity index is 2050. The first-order chi connectivity index (χ1) is 41.7. The lowest BCUT2D eigenvalue weighted by Crippen LogP contribution is -2.15. The summed E-state index contributed by atoms with van der Waals surface area (Å²) in [5.41, 5.74) is 7.47. The number of carbonyl (C=O) groups excluding carboxylic acids is 4. The van der Waals surface area contributed by atoms with Crippen molar-refractivity contribution >= 4 is 45.9 Å². The average Bonchev–Trinajstić information content (AvgIpc) is 3.62. The van der Waals surface area contributed by atoms with Crippen molar-refractivity contribution in [3.63, 3.8) is 0 Å². The molecule has 0 spiro atoms. The minimum atomic E-state index is 0.249. The maximum absolute atomic E-state index is 13.9. The number of hydrogen-bond donors (Lipinski definition) is 0. The van der Waals surface area contributed by atoms with Crippen molar-refractivity contribution in [2.75, 3.05) is 0 Å². The molecule has 2 aromatic carbocycles. The number of unbranched alkanes of at least 4 members (excludes halogenated alkanes) is 39. The van der Waals surface area contributed by atoms with Crippen LogP contribution >= 0.6 is 0 Å². The fourth-order valence-corrected chi connectivity index (χ4v) is 12.2. The molecule has 0 amide bonds. The van der Waals surface area contributed by atoms with Crippen molar-refractivity contribution in [1.29, 1.82) is 0 Å². The van der Waals surface area contributed by atoms with Crippen LogP contribution in [-0.4, -0.2) is 34.6 Å². The molecule has 0 radical (unpaired) electrons. The molecule has 484 valence electrons. The summed E-state index contributed by atoms with van der Waals surface area (Å²) in [6.07, 6.45) is 59.8. The van der Waals surface area contributed by atoms with E-state index in [4.69, 9.17) is 9.98 Å². The lowest BCUT2D eigenvalue weighted by Gasteiger charge is -2.15. The normalized spacial score (nSPS) is 12.0. The van der Waals surface area contributed by atoms with Gasteiger partial charge in [0, 0.05) is 51.4 Å². The Morgan fingerprint density at radius 3 is 0.682 bits per heavy atom. The molecule has 2 aromatic rings. The van der Waals surface area contributed by atoms with Gasteiger partial charge in [-0.15, -0.1) is 0 Å². The van der Waals surface area contributed by atoms with Gasteiger partial charge in [-0.25, -0.2) is 0 Å². The highest BCUT2D eigenvalue weighted by Crippen LogP contribution is 2.28. The maximum atomic E-state index is 13.9. The van der Waals surface area contributed by atoms with E-state index in [0.29, 0.717) is 51.4 Å². The first-order valence-corrected chi connectivity index (χ1v) is 37.1. The van der Waals surface area contributed by atoms with Crippen LogP contribution in [0.2, 0.25) is 0 Å². The molecule has 85 heavy (non-hydrogen) atoms. The molecule has 0 atom stereocenters. The fraction of sp³-hybridized carbons (Fsp3) is 0.772. The van der Waals surface area contributed by atoms with Gasteiger partial charge in [-0.05, 0) is 97.9 Å². The topological polar surface area (TPSA) is 93.0 Å². The summed E-state index contributed by atoms with van der Waals surface area (Å²) in [5.74, 6) is 1.02. The summed E-state index contributed by atoms with van der Waals surface area (Å²) in [5, 5.41) is 0. The van der Waals surface area contributed by atoms with Crippen molar-refractivity contribution in [2.45, 2.75) is 395 Å². The number of aliphatic imine (C=N–C) groups is 2. The number of Topliss-reactive ketones (excluding diaryl/α,β-unsaturated/α-hetero) is 4. The van der Waals surface area contributed by atoms with Crippen molar-refractivity contribution in [3.05, 3.63) is 58.7 Å². The number of carbonyl (C=O) groups is 4. The minimum absolute atomic E-state index is 0.249. The van der Waals surface area contributed by atoms with Crippen LogP contribution in [0.3, 0.4) is 0 Å². The van der Waals surface area contributed by atoms with Crippen LogP contribution in [0, 0.1) is 0 Å². The van der Waals surface area contributed by atoms with Crippen LogP contribution in [0.15, 0.2) is 46.4 Å². The van der Waals surface area contributed by atoms with E-state index in [1.807, 2.05) is 0 Å². The second kappa shape index (κ2) is 55.7. The smallest absolute Gasteiger partial charge is 0.137 e. The van der Waals surface area contributed by atoms with Gasteiger partial charge in [0.15, 0.2) is 0 Å². The quantitative estimate of drug-likeness (QED) is 0.0487. The monoisotopic (exact) mass is 1180 g/mol. The van der Waals surface area contributed by atoms with Crippen molar-refractivity contribution < 1.29 is 19.2 Å². The minimum Gasteiger partial charge on any atom is -0.299 e. The molecule has 0 N–H and O–H groups in total. The number of nitrogens with zero attached hydrogens (tertiary/aromatic N) is 2. The Morgan fingerprint density at radius 1 is 0.235 bits per heavy atom. The molecule has 2 rings (SSSR count). The highest BCUT2D eigenvalue weighted by molar-refractivity contribution is 6.43. The number of ketones is 4. The van der Waals surface area contributed by atoms with Gasteiger partial charge in [0.05, 0.1) is 22.8 Å². The van der Waals surface area contributed by atoms with Crippen LogP contribution < -0.4 is 0 Å². The predicted molar refractivity (Wildman–Crippen MR) is 371 cm³/mol. The standard InChI is InChI=1S/C79H134N2O4/c1-7-13-19-24-29-34-35-36-41-46-51-57-79(81-73-61-59-69(65-75(83)53-48-43-38-31-26-21-15-9-3)71(63-73)67-77(85)55-50-45-40-33-28-23-17-11-5)78(56-18-12-6)80-72-60-58-68(64-74(82)52-47-42-37-30-25-20-14-8-2)70(62-72)66-76(84)54-49-44-39-32-27-22-16-10-4/h58-63H,7-57,64-67H2,1-6H3. The van der Waals surface area contributed by atoms with E-state index in [1.54, 1.807) is 0 Å². The zero-order valence-electron chi connectivity index (χ0n) is 56.9. The van der Waals surface area contributed by atoms with E-state index in [2.05, 4.69) is 77.9 Å². The molecule has 0 aliphatic carbocycles. The Labute approximate surface area is 525 Å². The Balaban J connectivity index is 2.58. The highest BCUT2D eigenvalue weighted by atomic mass is 16.1. The molecule has 6 heteroatoms. The van der Waals surface area contributed by atoms with Gasteiger partial charge in [-0.3, -0.25) is 29.2 Å². The van der Waals surface area contributed by atoms with Crippen molar-refractivity contribution in [1.82, 2.24) is 0 Å². The molecule has 0 saturated carbocycles. The van der Waals surface area contributed by atoms with Crippen molar-refractivity contribution in [3.8, 4) is 0 Å². The van der Waals surface area contributed by atoms with E-state index >= 15 is 0 Å². The molecule has 0 aliphatic heterocycles. The van der Waals surface area contributed by atoms with Crippen molar-refractivity contribution in [2.24, 2.45) is 9.98 Å². The van der Waals surface area contributed by atoms with E-state index in [1.165, 1.54) is 212 Å². The number of benzene rings is 2. The molecule has 0 unspecified atom stereocenters. The molecule has 0 heterocycles. The van der Waals surface area contributed by atoms with E-state index < -0.39 is 0 Å². The Kier molecular flexibility index (Phi) is 50.9. The molecule has 6 nitrogen and oxygen atoms in total. The summed E-state index contributed by atoms with van der Waals surface area (Å²) >= 11 is 0. The molecular weight excluding hydrogens is 1040 g/mol. The lowest BCUT2D eigenvalue weighted by molar-refractivity contribution is -0.119. The third-order valence-corrected chi connectivity index (χ3v) is 17.8. The molecule has 0 fully saturated rings. The largest absolute Gasteiger partial charge is 0.299 e.